The van der Waals surface area contributed by atoms with E-state index in [1.165, 1.54) is 6.07 Å². The van der Waals surface area contributed by atoms with Crippen molar-refractivity contribution in [2.24, 2.45) is 5.73 Å². The highest BCUT2D eigenvalue weighted by atomic mass is 127. The van der Waals surface area contributed by atoms with Gasteiger partial charge in [-0.1, -0.05) is 6.07 Å². The van der Waals surface area contributed by atoms with E-state index < -0.39 is 0 Å². The van der Waals surface area contributed by atoms with Crippen LogP contribution in [-0.2, 0) is 0 Å². The second kappa shape index (κ2) is 5.39. The first-order valence-electron chi connectivity index (χ1n) is 4.13. The van der Waals surface area contributed by atoms with Crippen LogP contribution in [0.2, 0.25) is 0 Å². The molecule has 1 rings (SSSR count). The standard InChI is InChI=1S/C9H12FIN2/c10-7-3-1-4-8(9(7)11)13-6-2-5-12/h1,3-4,13H,2,5-6,12H2. The molecule has 1 aromatic rings. The Labute approximate surface area is 90.8 Å². The van der Waals surface area contributed by atoms with Crippen LogP contribution in [0.3, 0.4) is 0 Å². The summed E-state index contributed by atoms with van der Waals surface area (Å²) in [6.45, 7) is 1.44. The van der Waals surface area contributed by atoms with E-state index >= 15 is 0 Å². The van der Waals surface area contributed by atoms with Crippen LogP contribution in [0.1, 0.15) is 6.42 Å². The van der Waals surface area contributed by atoms with Crippen LogP contribution in [0.5, 0.6) is 0 Å². The van der Waals surface area contributed by atoms with Crippen LogP contribution < -0.4 is 11.1 Å². The third kappa shape index (κ3) is 3.11. The second-order valence-corrected chi connectivity index (χ2v) is 3.75. The van der Waals surface area contributed by atoms with Crippen LogP contribution in [0.4, 0.5) is 10.1 Å². The van der Waals surface area contributed by atoms with Gasteiger partial charge >= 0.3 is 0 Å². The van der Waals surface area contributed by atoms with Crippen molar-refractivity contribution in [3.63, 3.8) is 0 Å². The van der Waals surface area contributed by atoms with E-state index in [9.17, 15) is 4.39 Å². The van der Waals surface area contributed by atoms with Crippen molar-refractivity contribution in [2.75, 3.05) is 18.4 Å². The smallest absolute Gasteiger partial charge is 0.138 e. The zero-order valence-electron chi connectivity index (χ0n) is 7.19. The van der Waals surface area contributed by atoms with E-state index in [2.05, 4.69) is 5.32 Å². The molecule has 0 unspecified atom stereocenters. The van der Waals surface area contributed by atoms with Crippen LogP contribution in [0.15, 0.2) is 18.2 Å². The van der Waals surface area contributed by atoms with Crippen molar-refractivity contribution < 1.29 is 4.39 Å². The molecule has 0 heterocycles. The van der Waals surface area contributed by atoms with E-state index in [0.29, 0.717) is 10.1 Å². The number of anilines is 1. The Hall–Kier alpha value is -0.360. The molecule has 0 fully saturated rings. The average Bonchev–Trinajstić information content (AvgIpc) is 2.13. The van der Waals surface area contributed by atoms with Gasteiger partial charge < -0.3 is 11.1 Å². The first kappa shape index (κ1) is 10.7. The normalized spacial score (nSPS) is 10.1. The Morgan fingerprint density at radius 2 is 2.23 bits per heavy atom. The maximum atomic E-state index is 13.0. The van der Waals surface area contributed by atoms with E-state index in [-0.39, 0.29) is 5.82 Å². The highest BCUT2D eigenvalue weighted by Crippen LogP contribution is 2.20. The third-order valence-electron chi connectivity index (χ3n) is 1.65. The molecule has 0 aliphatic heterocycles. The lowest BCUT2D eigenvalue weighted by Crippen LogP contribution is -2.09. The molecule has 0 saturated carbocycles. The van der Waals surface area contributed by atoms with Crippen molar-refractivity contribution in [1.29, 1.82) is 0 Å². The fraction of sp³-hybridized carbons (Fsp3) is 0.333. The van der Waals surface area contributed by atoms with E-state index in [1.807, 2.05) is 28.7 Å². The second-order valence-electron chi connectivity index (χ2n) is 2.67. The molecule has 0 atom stereocenters. The molecule has 2 nitrogen and oxygen atoms in total. The Morgan fingerprint density at radius 1 is 1.46 bits per heavy atom. The Morgan fingerprint density at radius 3 is 2.92 bits per heavy atom. The van der Waals surface area contributed by atoms with Crippen LogP contribution in [-0.4, -0.2) is 13.1 Å². The zero-order chi connectivity index (χ0) is 9.68. The lowest BCUT2D eigenvalue weighted by atomic mass is 10.3. The highest BCUT2D eigenvalue weighted by Gasteiger charge is 2.02. The van der Waals surface area contributed by atoms with E-state index in [0.717, 1.165) is 18.7 Å². The number of hydrogen-bond acceptors (Lipinski definition) is 2. The number of nitrogens with two attached hydrogens (primary N) is 1. The van der Waals surface area contributed by atoms with E-state index in [1.54, 1.807) is 6.07 Å². The van der Waals surface area contributed by atoms with Crippen LogP contribution in [0.25, 0.3) is 0 Å². The summed E-state index contributed by atoms with van der Waals surface area (Å²) in [5.74, 6) is -0.182. The molecule has 0 bridgehead atoms. The Balaban J connectivity index is 2.61. The molecule has 13 heavy (non-hydrogen) atoms. The number of benzene rings is 1. The number of hydrogen-bond donors (Lipinski definition) is 2. The third-order valence-corrected chi connectivity index (χ3v) is 2.74. The molecule has 0 saturated heterocycles. The summed E-state index contributed by atoms with van der Waals surface area (Å²) in [6, 6.07) is 5.01. The van der Waals surface area contributed by atoms with Gasteiger partial charge in [-0.3, -0.25) is 0 Å². The lowest BCUT2D eigenvalue weighted by molar-refractivity contribution is 0.621. The van der Waals surface area contributed by atoms with Gasteiger partial charge in [0.25, 0.3) is 0 Å². The number of nitrogens with one attached hydrogen (secondary N) is 1. The fourth-order valence-electron chi connectivity index (χ4n) is 0.965. The van der Waals surface area contributed by atoms with E-state index in [4.69, 9.17) is 5.73 Å². The molecule has 3 N–H and O–H groups in total. The molecule has 0 aliphatic rings. The maximum Gasteiger partial charge on any atom is 0.138 e. The summed E-state index contributed by atoms with van der Waals surface area (Å²) >= 11 is 1.99. The minimum atomic E-state index is -0.182. The Kier molecular flexibility index (Phi) is 4.44. The van der Waals surface area contributed by atoms with Gasteiger partial charge in [0.1, 0.15) is 5.82 Å². The summed E-state index contributed by atoms with van der Waals surface area (Å²) < 4.78 is 13.7. The summed E-state index contributed by atoms with van der Waals surface area (Å²) in [6.07, 6.45) is 0.895. The van der Waals surface area contributed by atoms with Crippen molar-refractivity contribution in [3.05, 3.63) is 27.6 Å². The number of rotatable bonds is 4. The molecule has 0 aromatic heterocycles. The van der Waals surface area contributed by atoms with Gasteiger partial charge in [0.2, 0.25) is 0 Å². The number of halogens is 2. The average molecular weight is 294 g/mol. The van der Waals surface area contributed by atoms with Gasteiger partial charge in [0, 0.05) is 6.54 Å². The molecule has 0 spiro atoms. The summed E-state index contributed by atoms with van der Waals surface area (Å²) in [7, 11) is 0. The molecular formula is C9H12FIN2. The fourth-order valence-corrected chi connectivity index (χ4v) is 1.52. The van der Waals surface area contributed by atoms with Crippen LogP contribution >= 0.6 is 22.6 Å². The predicted octanol–water partition coefficient (Wildman–Crippen LogP) is 2.19. The van der Waals surface area contributed by atoms with Crippen LogP contribution in [0, 0.1) is 9.39 Å². The summed E-state index contributed by atoms with van der Waals surface area (Å²) in [5.41, 5.74) is 6.19. The maximum absolute atomic E-state index is 13.0. The van der Waals surface area contributed by atoms with Crippen molar-refractivity contribution >= 4 is 28.3 Å². The molecule has 1 aromatic carbocycles. The highest BCUT2D eigenvalue weighted by molar-refractivity contribution is 14.1. The largest absolute Gasteiger partial charge is 0.384 e. The zero-order valence-corrected chi connectivity index (χ0v) is 9.34. The Bertz CT molecular complexity index is 278. The molecule has 4 heteroatoms. The van der Waals surface area contributed by atoms with Gasteiger partial charge in [-0.15, -0.1) is 0 Å². The van der Waals surface area contributed by atoms with Gasteiger partial charge in [-0.05, 0) is 47.7 Å². The first-order chi connectivity index (χ1) is 6.25. The summed E-state index contributed by atoms with van der Waals surface area (Å²) in [5, 5.41) is 3.13. The lowest BCUT2D eigenvalue weighted by Gasteiger charge is -2.07. The van der Waals surface area contributed by atoms with Gasteiger partial charge in [0.15, 0.2) is 0 Å². The van der Waals surface area contributed by atoms with Crippen molar-refractivity contribution in [2.45, 2.75) is 6.42 Å². The molecule has 0 aliphatic carbocycles. The monoisotopic (exact) mass is 294 g/mol. The SMILES string of the molecule is NCCCNc1cccc(F)c1I. The first-order valence-corrected chi connectivity index (χ1v) is 5.21. The topological polar surface area (TPSA) is 38.0 Å². The molecule has 72 valence electrons. The molecular weight excluding hydrogens is 282 g/mol. The predicted molar refractivity (Wildman–Crippen MR) is 61.3 cm³/mol. The van der Waals surface area contributed by atoms with Gasteiger partial charge in [-0.25, -0.2) is 4.39 Å². The van der Waals surface area contributed by atoms with Gasteiger partial charge in [0.05, 0.1) is 9.26 Å². The minimum absolute atomic E-state index is 0.182. The van der Waals surface area contributed by atoms with Crippen molar-refractivity contribution in [3.8, 4) is 0 Å². The molecule has 0 amide bonds. The van der Waals surface area contributed by atoms with Gasteiger partial charge in [-0.2, -0.15) is 0 Å². The van der Waals surface area contributed by atoms with Crippen molar-refractivity contribution in [1.82, 2.24) is 0 Å². The quantitative estimate of drug-likeness (QED) is 0.660. The summed E-state index contributed by atoms with van der Waals surface area (Å²) in [4.78, 5) is 0. The minimum Gasteiger partial charge on any atom is -0.384 e. The molecule has 0 radical (unpaired) electrons.